The van der Waals surface area contributed by atoms with E-state index in [0.29, 0.717) is 6.04 Å². The Morgan fingerprint density at radius 2 is 1.93 bits per heavy atom. The standard InChI is InChI=1S/C11H17N3/c1-7-8(2)14-11-9(12-3)5-4-6-10(11)13-7/h9,12H,4-6H2,1-3H3. The summed E-state index contributed by atoms with van der Waals surface area (Å²) in [6.45, 7) is 4.07. The first-order valence-electron chi connectivity index (χ1n) is 5.23. The van der Waals surface area contributed by atoms with Crippen LogP contribution in [0.1, 0.15) is 41.7 Å². The van der Waals surface area contributed by atoms with Crippen LogP contribution in [-0.2, 0) is 6.42 Å². The topological polar surface area (TPSA) is 37.8 Å². The average molecular weight is 191 g/mol. The lowest BCUT2D eigenvalue weighted by Gasteiger charge is -2.23. The first-order chi connectivity index (χ1) is 6.72. The Kier molecular flexibility index (Phi) is 2.50. The van der Waals surface area contributed by atoms with Crippen LogP contribution in [0.15, 0.2) is 0 Å². The molecule has 1 aromatic heterocycles. The fraction of sp³-hybridized carbons (Fsp3) is 0.636. The molecule has 0 spiro atoms. The van der Waals surface area contributed by atoms with Crippen molar-refractivity contribution in [2.75, 3.05) is 7.05 Å². The average Bonchev–Trinajstić information content (AvgIpc) is 2.19. The number of nitrogens with zero attached hydrogens (tertiary/aromatic N) is 2. The van der Waals surface area contributed by atoms with Gasteiger partial charge in [-0.15, -0.1) is 0 Å². The van der Waals surface area contributed by atoms with Crippen molar-refractivity contribution in [3.63, 3.8) is 0 Å². The number of hydrogen-bond acceptors (Lipinski definition) is 3. The van der Waals surface area contributed by atoms with E-state index >= 15 is 0 Å². The van der Waals surface area contributed by atoms with Crippen LogP contribution in [0.4, 0.5) is 0 Å². The van der Waals surface area contributed by atoms with E-state index in [0.717, 1.165) is 17.8 Å². The monoisotopic (exact) mass is 191 g/mol. The van der Waals surface area contributed by atoms with Gasteiger partial charge in [-0.05, 0) is 40.2 Å². The van der Waals surface area contributed by atoms with Crippen LogP contribution >= 0.6 is 0 Å². The van der Waals surface area contributed by atoms with Crippen molar-refractivity contribution in [1.82, 2.24) is 15.3 Å². The van der Waals surface area contributed by atoms with Crippen LogP contribution in [-0.4, -0.2) is 17.0 Å². The van der Waals surface area contributed by atoms with Gasteiger partial charge < -0.3 is 5.32 Å². The van der Waals surface area contributed by atoms with Gasteiger partial charge in [-0.25, -0.2) is 0 Å². The molecular weight excluding hydrogens is 174 g/mol. The van der Waals surface area contributed by atoms with E-state index < -0.39 is 0 Å². The van der Waals surface area contributed by atoms with Crippen LogP contribution in [0.3, 0.4) is 0 Å². The molecule has 3 nitrogen and oxygen atoms in total. The van der Waals surface area contributed by atoms with E-state index in [1.807, 2.05) is 20.9 Å². The molecule has 14 heavy (non-hydrogen) atoms. The number of hydrogen-bond donors (Lipinski definition) is 1. The van der Waals surface area contributed by atoms with Gasteiger partial charge in [0.2, 0.25) is 0 Å². The van der Waals surface area contributed by atoms with Gasteiger partial charge in [0.15, 0.2) is 0 Å². The summed E-state index contributed by atoms with van der Waals surface area (Å²) in [7, 11) is 2.00. The number of fused-ring (bicyclic) bond motifs is 1. The van der Waals surface area contributed by atoms with Crippen LogP contribution in [0.2, 0.25) is 0 Å². The van der Waals surface area contributed by atoms with Gasteiger partial charge in [-0.3, -0.25) is 9.97 Å². The fourth-order valence-electron chi connectivity index (χ4n) is 2.02. The maximum Gasteiger partial charge on any atom is 0.0791 e. The summed E-state index contributed by atoms with van der Waals surface area (Å²) in [4.78, 5) is 9.25. The lowest BCUT2D eigenvalue weighted by Crippen LogP contribution is -2.24. The smallest absolute Gasteiger partial charge is 0.0791 e. The molecule has 1 aliphatic carbocycles. The Labute approximate surface area is 85.0 Å². The molecule has 0 aliphatic heterocycles. The van der Waals surface area contributed by atoms with E-state index in [4.69, 9.17) is 0 Å². The molecule has 1 aromatic rings. The zero-order valence-corrected chi connectivity index (χ0v) is 9.09. The Morgan fingerprint density at radius 3 is 2.64 bits per heavy atom. The van der Waals surface area contributed by atoms with Gasteiger partial charge in [0, 0.05) is 0 Å². The summed E-state index contributed by atoms with van der Waals surface area (Å²) in [5.74, 6) is 0. The molecule has 1 heterocycles. The molecule has 0 saturated carbocycles. The highest BCUT2D eigenvalue weighted by atomic mass is 14.9. The van der Waals surface area contributed by atoms with Crippen molar-refractivity contribution < 1.29 is 0 Å². The second-order valence-corrected chi connectivity index (χ2v) is 3.96. The molecule has 0 radical (unpaired) electrons. The van der Waals surface area contributed by atoms with Crippen LogP contribution in [0.25, 0.3) is 0 Å². The zero-order chi connectivity index (χ0) is 10.1. The van der Waals surface area contributed by atoms with Crippen molar-refractivity contribution in [1.29, 1.82) is 0 Å². The minimum Gasteiger partial charge on any atom is -0.312 e. The highest BCUT2D eigenvalue weighted by Crippen LogP contribution is 2.27. The molecule has 0 saturated heterocycles. The van der Waals surface area contributed by atoms with Crippen molar-refractivity contribution in [2.24, 2.45) is 0 Å². The van der Waals surface area contributed by atoms with E-state index in [9.17, 15) is 0 Å². The lowest BCUT2D eigenvalue weighted by atomic mass is 9.95. The quantitative estimate of drug-likeness (QED) is 0.734. The van der Waals surface area contributed by atoms with Gasteiger partial charge >= 0.3 is 0 Å². The minimum absolute atomic E-state index is 0.408. The molecule has 1 N–H and O–H groups in total. The maximum atomic E-state index is 4.64. The van der Waals surface area contributed by atoms with Gasteiger partial charge in [-0.1, -0.05) is 0 Å². The first kappa shape index (κ1) is 9.59. The molecule has 0 aromatic carbocycles. The predicted molar refractivity (Wildman–Crippen MR) is 56.2 cm³/mol. The molecular formula is C11H17N3. The molecule has 3 heteroatoms. The molecule has 1 atom stereocenters. The third kappa shape index (κ3) is 1.52. The van der Waals surface area contributed by atoms with E-state index in [1.165, 1.54) is 24.2 Å². The molecule has 0 fully saturated rings. The van der Waals surface area contributed by atoms with Crippen LogP contribution in [0.5, 0.6) is 0 Å². The summed E-state index contributed by atoms with van der Waals surface area (Å²) in [5, 5.41) is 3.30. The Bertz CT molecular complexity index is 347. The summed E-state index contributed by atoms with van der Waals surface area (Å²) in [6, 6.07) is 0.408. The fourth-order valence-corrected chi connectivity index (χ4v) is 2.02. The first-order valence-corrected chi connectivity index (χ1v) is 5.23. The van der Waals surface area contributed by atoms with Crippen LogP contribution in [0, 0.1) is 13.8 Å². The third-order valence-corrected chi connectivity index (χ3v) is 3.00. The predicted octanol–water partition coefficient (Wildman–Crippen LogP) is 1.69. The molecule has 1 unspecified atom stereocenters. The Hall–Kier alpha value is -0.960. The second kappa shape index (κ2) is 3.65. The molecule has 0 bridgehead atoms. The van der Waals surface area contributed by atoms with Crippen molar-refractivity contribution in [3.05, 3.63) is 22.8 Å². The summed E-state index contributed by atoms with van der Waals surface area (Å²) in [6.07, 6.45) is 3.48. The normalized spacial score (nSPS) is 20.6. The number of nitrogens with one attached hydrogen (secondary N) is 1. The molecule has 1 aliphatic rings. The number of aromatic nitrogens is 2. The summed E-state index contributed by atoms with van der Waals surface area (Å²) < 4.78 is 0. The third-order valence-electron chi connectivity index (χ3n) is 3.00. The van der Waals surface area contributed by atoms with E-state index in [1.54, 1.807) is 0 Å². The highest BCUT2D eigenvalue weighted by Gasteiger charge is 2.21. The Balaban J connectivity index is 2.47. The van der Waals surface area contributed by atoms with Crippen molar-refractivity contribution in [2.45, 2.75) is 39.2 Å². The molecule has 2 rings (SSSR count). The maximum absolute atomic E-state index is 4.64. The largest absolute Gasteiger partial charge is 0.312 e. The zero-order valence-electron chi connectivity index (χ0n) is 9.09. The number of aryl methyl sites for hydroxylation is 3. The van der Waals surface area contributed by atoms with Gasteiger partial charge in [-0.2, -0.15) is 0 Å². The SMILES string of the molecule is CNC1CCCc2nc(C)c(C)nc21. The minimum atomic E-state index is 0.408. The number of rotatable bonds is 1. The van der Waals surface area contributed by atoms with Crippen molar-refractivity contribution in [3.8, 4) is 0 Å². The van der Waals surface area contributed by atoms with E-state index in [-0.39, 0.29) is 0 Å². The van der Waals surface area contributed by atoms with Crippen molar-refractivity contribution >= 4 is 0 Å². The van der Waals surface area contributed by atoms with Crippen LogP contribution < -0.4 is 5.32 Å². The summed E-state index contributed by atoms with van der Waals surface area (Å²) in [5.41, 5.74) is 4.49. The highest BCUT2D eigenvalue weighted by molar-refractivity contribution is 5.23. The summed E-state index contributed by atoms with van der Waals surface area (Å²) >= 11 is 0. The lowest BCUT2D eigenvalue weighted by molar-refractivity contribution is 0.473. The van der Waals surface area contributed by atoms with Gasteiger partial charge in [0.1, 0.15) is 0 Å². The Morgan fingerprint density at radius 1 is 1.21 bits per heavy atom. The second-order valence-electron chi connectivity index (χ2n) is 3.96. The van der Waals surface area contributed by atoms with E-state index in [2.05, 4.69) is 15.3 Å². The van der Waals surface area contributed by atoms with Gasteiger partial charge in [0.05, 0.1) is 28.8 Å². The molecule has 76 valence electrons. The molecule has 0 amide bonds. The van der Waals surface area contributed by atoms with Gasteiger partial charge in [0.25, 0.3) is 0 Å².